The van der Waals surface area contributed by atoms with Crippen molar-refractivity contribution in [2.45, 2.75) is 5.41 Å². The number of nitrogens with zero attached hydrogens (tertiary/aromatic N) is 2. The van der Waals surface area contributed by atoms with Gasteiger partial charge in [-0.3, -0.25) is 0 Å². The van der Waals surface area contributed by atoms with Gasteiger partial charge in [0.05, 0.1) is 16.4 Å². The Hall–Kier alpha value is -10.3. The van der Waals surface area contributed by atoms with Crippen molar-refractivity contribution in [1.82, 2.24) is 4.57 Å². The van der Waals surface area contributed by atoms with Crippen LogP contribution in [0.2, 0.25) is 0 Å². The minimum Gasteiger partial charge on any atom is -0.310 e. The fourth-order valence-corrected chi connectivity index (χ4v) is 12.1. The van der Waals surface area contributed by atoms with Crippen LogP contribution in [0.1, 0.15) is 22.3 Å². The standard InChI is InChI=1S/C73H50N2.C4H6/c1-7-21-51(22-8-1)53-35-38-59(39-36-53)74(62-44-45-66-65-33-19-20-34-68(65)73(69(66)50-62,57-29-15-5-16-30-57)58-31-17-6-18-32-58)60-40-42-61(43-41-60)75-70-48-37-56(52-23-9-2-10-24-52)49-67(70)71-63(54-25-11-3-12-26-54)46-47-64(72(71)75)55-27-13-4-14-28-55;1-3-4-2/h1-50H;3-4H,1-2H2. The first-order valence-corrected chi connectivity index (χ1v) is 27.1. The van der Waals surface area contributed by atoms with E-state index in [0.29, 0.717) is 0 Å². The Balaban J connectivity index is 0.00000143. The molecule has 0 bridgehead atoms. The summed E-state index contributed by atoms with van der Waals surface area (Å²) in [6.07, 6.45) is 3.28. The normalized spacial score (nSPS) is 12.0. The summed E-state index contributed by atoms with van der Waals surface area (Å²) in [5.41, 5.74) is 23.2. The van der Waals surface area contributed by atoms with Crippen LogP contribution >= 0.6 is 0 Å². The number of rotatable bonds is 11. The van der Waals surface area contributed by atoms with Crippen LogP contribution in [0.25, 0.3) is 83.1 Å². The number of hydrogen-bond acceptors (Lipinski definition) is 1. The molecule has 1 aromatic heterocycles. The lowest BCUT2D eigenvalue weighted by atomic mass is 9.67. The van der Waals surface area contributed by atoms with E-state index in [-0.39, 0.29) is 0 Å². The van der Waals surface area contributed by atoms with Crippen molar-refractivity contribution in [3.8, 4) is 61.3 Å². The minimum atomic E-state index is -0.539. The largest absolute Gasteiger partial charge is 0.310 e. The van der Waals surface area contributed by atoms with Crippen molar-refractivity contribution in [2.24, 2.45) is 0 Å². The molecular weight excluding hydrogens is 953 g/mol. The molecule has 2 heteroatoms. The fourth-order valence-electron chi connectivity index (χ4n) is 12.1. The average Bonchev–Trinajstić information content (AvgIpc) is 3.16. The number of fused-ring (bicyclic) bond motifs is 6. The van der Waals surface area contributed by atoms with E-state index >= 15 is 0 Å². The van der Waals surface area contributed by atoms with Crippen molar-refractivity contribution >= 4 is 38.9 Å². The molecule has 0 spiro atoms. The van der Waals surface area contributed by atoms with Gasteiger partial charge in [-0.05, 0) is 133 Å². The summed E-state index contributed by atoms with van der Waals surface area (Å²) in [5, 5.41) is 2.45. The van der Waals surface area contributed by atoms with E-state index in [0.717, 1.165) is 28.3 Å². The number of aromatic nitrogens is 1. The summed E-state index contributed by atoms with van der Waals surface area (Å²) >= 11 is 0. The van der Waals surface area contributed by atoms with Crippen LogP contribution in [0.4, 0.5) is 17.1 Å². The van der Waals surface area contributed by atoms with Gasteiger partial charge in [-0.1, -0.05) is 268 Å². The molecule has 0 radical (unpaired) electrons. The zero-order chi connectivity index (χ0) is 53.1. The minimum absolute atomic E-state index is 0.539. The monoisotopic (exact) mass is 1010 g/mol. The summed E-state index contributed by atoms with van der Waals surface area (Å²) in [7, 11) is 0. The molecule has 0 fully saturated rings. The predicted molar refractivity (Wildman–Crippen MR) is 335 cm³/mol. The zero-order valence-electron chi connectivity index (χ0n) is 43.8. The first-order chi connectivity index (χ1) is 39.1. The molecule has 0 saturated heterocycles. The SMILES string of the molecule is C=CC=C.c1ccc(-c2ccc(N(c3ccc(-n4c5ccc(-c6ccccc6)cc5c5c(-c6ccccc6)ccc(-c6ccccc6)c54)cc3)c3ccc4c(c3)C(c3ccccc3)(c3ccccc3)c3ccccc3-4)cc2)cc1. The lowest BCUT2D eigenvalue weighted by molar-refractivity contribution is 0.768. The third kappa shape index (κ3) is 8.57. The number of benzene rings is 12. The summed E-state index contributed by atoms with van der Waals surface area (Å²) in [5.74, 6) is 0. The summed E-state index contributed by atoms with van der Waals surface area (Å²) in [6, 6.07) is 111. The smallest absolute Gasteiger partial charge is 0.0714 e. The highest BCUT2D eigenvalue weighted by molar-refractivity contribution is 6.20. The van der Waals surface area contributed by atoms with Gasteiger partial charge >= 0.3 is 0 Å². The van der Waals surface area contributed by atoms with Crippen molar-refractivity contribution in [3.05, 3.63) is 351 Å². The highest BCUT2D eigenvalue weighted by Crippen LogP contribution is 2.57. The molecule has 0 saturated carbocycles. The van der Waals surface area contributed by atoms with Gasteiger partial charge in [0.15, 0.2) is 0 Å². The lowest BCUT2D eigenvalue weighted by Crippen LogP contribution is -2.28. The van der Waals surface area contributed by atoms with Crippen LogP contribution in [0, 0.1) is 0 Å². The number of allylic oxidation sites excluding steroid dienone is 2. The van der Waals surface area contributed by atoms with Gasteiger partial charge in [0, 0.05) is 39.1 Å². The molecule has 0 N–H and O–H groups in total. The average molecular weight is 1010 g/mol. The Kier molecular flexibility index (Phi) is 12.9. The molecule has 1 aliphatic rings. The first kappa shape index (κ1) is 48.4. The lowest BCUT2D eigenvalue weighted by Gasteiger charge is -2.35. The maximum atomic E-state index is 3.36. The van der Waals surface area contributed by atoms with E-state index in [4.69, 9.17) is 0 Å². The second kappa shape index (κ2) is 21.0. The van der Waals surface area contributed by atoms with Gasteiger partial charge < -0.3 is 9.47 Å². The van der Waals surface area contributed by atoms with E-state index in [1.54, 1.807) is 12.2 Å². The molecule has 79 heavy (non-hydrogen) atoms. The molecule has 0 amide bonds. The molecule has 1 heterocycles. The molecular formula is C77H56N2. The quantitative estimate of drug-likeness (QED) is 0.117. The van der Waals surface area contributed by atoms with Crippen LogP contribution in [0.5, 0.6) is 0 Å². The molecule has 2 nitrogen and oxygen atoms in total. The van der Waals surface area contributed by atoms with E-state index in [1.807, 2.05) is 0 Å². The van der Waals surface area contributed by atoms with Crippen molar-refractivity contribution in [2.75, 3.05) is 4.90 Å². The summed E-state index contributed by atoms with van der Waals surface area (Å²) in [6.45, 7) is 6.72. The van der Waals surface area contributed by atoms with Crippen molar-refractivity contribution in [3.63, 3.8) is 0 Å². The highest BCUT2D eigenvalue weighted by Gasteiger charge is 2.46. The fraction of sp³-hybridized carbons (Fsp3) is 0.0130. The maximum Gasteiger partial charge on any atom is 0.0714 e. The summed E-state index contributed by atoms with van der Waals surface area (Å²) in [4.78, 5) is 2.43. The van der Waals surface area contributed by atoms with Crippen LogP contribution in [-0.2, 0) is 5.41 Å². The second-order valence-electron chi connectivity index (χ2n) is 20.0. The van der Waals surface area contributed by atoms with Crippen LogP contribution < -0.4 is 4.90 Å². The summed E-state index contributed by atoms with van der Waals surface area (Å²) < 4.78 is 2.50. The molecule has 0 atom stereocenters. The maximum absolute atomic E-state index is 3.36. The Bertz CT molecular complexity index is 4230. The zero-order valence-corrected chi connectivity index (χ0v) is 43.8. The molecule has 14 rings (SSSR count). The first-order valence-electron chi connectivity index (χ1n) is 27.1. The molecule has 12 aromatic carbocycles. The van der Waals surface area contributed by atoms with E-state index < -0.39 is 5.41 Å². The molecule has 13 aromatic rings. The third-order valence-corrected chi connectivity index (χ3v) is 15.7. The van der Waals surface area contributed by atoms with E-state index in [2.05, 4.69) is 326 Å². The van der Waals surface area contributed by atoms with Crippen LogP contribution in [-0.4, -0.2) is 4.57 Å². The molecule has 0 aliphatic heterocycles. The van der Waals surface area contributed by atoms with Crippen LogP contribution in [0.3, 0.4) is 0 Å². The molecule has 374 valence electrons. The van der Waals surface area contributed by atoms with E-state index in [9.17, 15) is 0 Å². The third-order valence-electron chi connectivity index (χ3n) is 15.7. The molecule has 0 unspecified atom stereocenters. The van der Waals surface area contributed by atoms with Gasteiger partial charge in [-0.25, -0.2) is 0 Å². The van der Waals surface area contributed by atoms with Gasteiger partial charge in [0.2, 0.25) is 0 Å². The Morgan fingerprint density at radius 2 is 0.734 bits per heavy atom. The van der Waals surface area contributed by atoms with Gasteiger partial charge in [0.1, 0.15) is 0 Å². The van der Waals surface area contributed by atoms with E-state index in [1.165, 1.54) is 94.2 Å². The molecule has 1 aliphatic carbocycles. The number of anilines is 3. The Labute approximate surface area is 463 Å². The van der Waals surface area contributed by atoms with Crippen molar-refractivity contribution < 1.29 is 0 Å². The Morgan fingerprint density at radius 1 is 0.316 bits per heavy atom. The number of hydrogen-bond donors (Lipinski definition) is 0. The highest BCUT2D eigenvalue weighted by atomic mass is 15.1. The van der Waals surface area contributed by atoms with Gasteiger partial charge in [-0.15, -0.1) is 0 Å². The topological polar surface area (TPSA) is 8.17 Å². The Morgan fingerprint density at radius 3 is 1.30 bits per heavy atom. The van der Waals surface area contributed by atoms with Gasteiger partial charge in [-0.2, -0.15) is 0 Å². The van der Waals surface area contributed by atoms with Gasteiger partial charge in [0.25, 0.3) is 0 Å². The second-order valence-corrected chi connectivity index (χ2v) is 20.0. The van der Waals surface area contributed by atoms with Crippen molar-refractivity contribution in [1.29, 1.82) is 0 Å². The predicted octanol–water partition coefficient (Wildman–Crippen LogP) is 20.6. The van der Waals surface area contributed by atoms with Crippen LogP contribution in [0.15, 0.2) is 329 Å².